The van der Waals surface area contributed by atoms with Gasteiger partial charge in [-0.3, -0.25) is 9.59 Å². The summed E-state index contributed by atoms with van der Waals surface area (Å²) >= 11 is 0. The Balaban J connectivity index is 0.000000954. The fourth-order valence-corrected chi connectivity index (χ4v) is 2.99. The van der Waals surface area contributed by atoms with Gasteiger partial charge in [-0.15, -0.1) is 0 Å². The monoisotopic (exact) mass is 434 g/mol. The van der Waals surface area contributed by atoms with Gasteiger partial charge < -0.3 is 20.2 Å². The van der Waals surface area contributed by atoms with Crippen molar-refractivity contribution in [2.75, 3.05) is 12.4 Å². The van der Waals surface area contributed by atoms with Crippen LogP contribution in [0.4, 0.5) is 5.69 Å². The Morgan fingerprint density at radius 1 is 1.16 bits per heavy atom. The first-order chi connectivity index (χ1) is 14.4. The molecule has 2 N–H and O–H groups in total. The predicted molar refractivity (Wildman–Crippen MR) is 127 cm³/mol. The number of benzene rings is 1. The number of aryl methyl sites for hydroxylation is 1. The quantitative estimate of drug-likeness (QED) is 0.412. The molecule has 0 radical (unpaired) electrons. The lowest BCUT2D eigenvalue weighted by atomic mass is 9.93. The Hall–Kier alpha value is -2.37. The van der Waals surface area contributed by atoms with Gasteiger partial charge in [-0.25, -0.2) is 0 Å². The molecule has 31 heavy (non-hydrogen) atoms. The van der Waals surface area contributed by atoms with E-state index in [4.69, 9.17) is 4.74 Å². The molecule has 0 spiro atoms. The molecule has 0 aliphatic rings. The van der Waals surface area contributed by atoms with Gasteiger partial charge in [0.15, 0.2) is 0 Å². The summed E-state index contributed by atoms with van der Waals surface area (Å²) in [6, 6.07) is 5.99. The van der Waals surface area contributed by atoms with Crippen molar-refractivity contribution in [2.24, 2.45) is 5.92 Å². The number of amides is 1. The number of nitrogens with one attached hydrogen (secondary N) is 2. The molecule has 176 valence electrons. The summed E-state index contributed by atoms with van der Waals surface area (Å²) < 4.78 is 4.80. The minimum Gasteiger partial charge on any atom is -0.460 e. The van der Waals surface area contributed by atoms with E-state index in [1.165, 1.54) is 24.5 Å². The number of carbonyl (C=O) groups excluding carboxylic acids is 3. The highest BCUT2D eigenvalue weighted by Gasteiger charge is 2.12. The summed E-state index contributed by atoms with van der Waals surface area (Å²) in [7, 11) is 1.61. The van der Waals surface area contributed by atoms with Gasteiger partial charge in [0.2, 0.25) is 5.91 Å². The van der Waals surface area contributed by atoms with Gasteiger partial charge >= 0.3 is 5.97 Å². The second-order valence-corrected chi connectivity index (χ2v) is 8.86. The number of carbonyl (C=O) groups is 3. The molecule has 6 heteroatoms. The molecule has 0 aliphatic carbocycles. The first kappa shape index (κ1) is 28.6. The predicted octanol–water partition coefficient (Wildman–Crippen LogP) is 4.69. The van der Waals surface area contributed by atoms with Crippen molar-refractivity contribution in [1.82, 2.24) is 5.32 Å². The maximum absolute atomic E-state index is 11.3. The van der Waals surface area contributed by atoms with Crippen molar-refractivity contribution in [3.05, 3.63) is 29.3 Å². The summed E-state index contributed by atoms with van der Waals surface area (Å²) in [5.41, 5.74) is 3.33. The number of rotatable bonds is 10. The number of aldehydes is 1. The molecule has 6 nitrogen and oxygen atoms in total. The molecule has 0 saturated carbocycles. The highest BCUT2D eigenvalue weighted by atomic mass is 16.6. The average Bonchev–Trinajstić information content (AvgIpc) is 2.70. The van der Waals surface area contributed by atoms with Crippen LogP contribution in [0.1, 0.15) is 78.9 Å². The van der Waals surface area contributed by atoms with Crippen molar-refractivity contribution < 1.29 is 19.1 Å². The van der Waals surface area contributed by atoms with Crippen molar-refractivity contribution in [2.45, 2.75) is 92.2 Å². The molecule has 1 amide bonds. The maximum atomic E-state index is 11.3. The molecule has 0 aromatic heterocycles. The number of hydrogen-bond donors (Lipinski definition) is 2. The van der Waals surface area contributed by atoms with E-state index < -0.39 is 0 Å². The van der Waals surface area contributed by atoms with Gasteiger partial charge in [0.05, 0.1) is 6.04 Å². The van der Waals surface area contributed by atoms with Crippen LogP contribution in [0.2, 0.25) is 0 Å². The van der Waals surface area contributed by atoms with E-state index in [2.05, 4.69) is 43.5 Å². The van der Waals surface area contributed by atoms with Crippen LogP contribution in [0, 0.1) is 5.92 Å². The Morgan fingerprint density at radius 2 is 1.81 bits per heavy atom. The Bertz CT molecular complexity index is 695. The Labute approximate surface area is 188 Å². The van der Waals surface area contributed by atoms with Crippen molar-refractivity contribution in [3.8, 4) is 0 Å². The molecule has 2 atom stereocenters. The molecule has 0 saturated heterocycles. The van der Waals surface area contributed by atoms with Crippen LogP contribution in [0.3, 0.4) is 0 Å². The smallest absolute Gasteiger partial charge is 0.303 e. The van der Waals surface area contributed by atoms with E-state index in [0.717, 1.165) is 24.8 Å². The Morgan fingerprint density at radius 3 is 2.23 bits per heavy atom. The van der Waals surface area contributed by atoms with Gasteiger partial charge in [-0.2, -0.15) is 0 Å². The second kappa shape index (κ2) is 14.6. The topological polar surface area (TPSA) is 84.5 Å². The van der Waals surface area contributed by atoms with E-state index in [-0.39, 0.29) is 23.5 Å². The van der Waals surface area contributed by atoms with Crippen molar-refractivity contribution in [3.63, 3.8) is 0 Å². The molecular weight excluding hydrogens is 392 g/mol. The summed E-state index contributed by atoms with van der Waals surface area (Å²) in [5.74, 6) is 0.406. The zero-order valence-electron chi connectivity index (χ0n) is 20.6. The van der Waals surface area contributed by atoms with Gasteiger partial charge in [0, 0.05) is 26.1 Å². The molecule has 0 bridgehead atoms. The lowest BCUT2D eigenvalue weighted by Crippen LogP contribution is -2.25. The molecule has 1 rings (SSSR count). The number of hydrogen-bond acceptors (Lipinski definition) is 5. The molecule has 0 heterocycles. The zero-order valence-corrected chi connectivity index (χ0v) is 20.6. The van der Waals surface area contributed by atoms with Gasteiger partial charge in [-0.05, 0) is 69.2 Å². The van der Waals surface area contributed by atoms with Crippen LogP contribution in [-0.4, -0.2) is 36.9 Å². The maximum Gasteiger partial charge on any atom is 0.303 e. The van der Waals surface area contributed by atoms with E-state index in [1.807, 2.05) is 26.8 Å². The van der Waals surface area contributed by atoms with Crippen molar-refractivity contribution >= 4 is 23.9 Å². The fraction of sp³-hybridized carbons (Fsp3) is 0.640. The number of esters is 1. The summed E-state index contributed by atoms with van der Waals surface area (Å²) in [5, 5.41) is 5.80. The van der Waals surface area contributed by atoms with Crippen LogP contribution in [0.25, 0.3) is 0 Å². The van der Waals surface area contributed by atoms with Crippen LogP contribution in [-0.2, 0) is 32.0 Å². The number of ether oxygens (including phenoxy) is 1. The largest absolute Gasteiger partial charge is 0.460 e. The summed E-state index contributed by atoms with van der Waals surface area (Å²) in [6.07, 6.45) is 4.97. The van der Waals surface area contributed by atoms with E-state index in [9.17, 15) is 14.4 Å². The summed E-state index contributed by atoms with van der Waals surface area (Å²) in [4.78, 5) is 32.8. The summed E-state index contributed by atoms with van der Waals surface area (Å²) in [6.45, 7) is 13.6. The first-order valence-electron chi connectivity index (χ1n) is 11.2. The van der Waals surface area contributed by atoms with Crippen LogP contribution < -0.4 is 10.6 Å². The Kier molecular flexibility index (Phi) is 13.5. The van der Waals surface area contributed by atoms with Gasteiger partial charge in [-0.1, -0.05) is 33.3 Å². The number of anilines is 1. The molecule has 0 aliphatic heterocycles. The highest BCUT2D eigenvalue weighted by Crippen LogP contribution is 2.21. The molecule has 2 unspecified atom stereocenters. The molecule has 1 aromatic carbocycles. The van der Waals surface area contributed by atoms with E-state index in [0.29, 0.717) is 18.8 Å². The van der Waals surface area contributed by atoms with Crippen LogP contribution in [0.15, 0.2) is 18.2 Å². The normalized spacial score (nSPS) is 12.6. The standard InChI is InChI=1S/C19H30N2O2.C6H12O2/c1-5-14(3)11-16-7-8-17(12-15(16)6-2)21-18(13-22)9-10-19(23)20-4;1-5(7)8-6(2,3)4/h7-8,12-14,18,21H,5-6,9-11H2,1-4H3,(H,20,23);1-4H3. The highest BCUT2D eigenvalue weighted by molar-refractivity contribution is 5.76. The third kappa shape index (κ3) is 13.5. The SMILES string of the molecule is CC(=O)OC(C)(C)C.CCc1cc(NC(C=O)CCC(=O)NC)ccc1CC(C)CC. The zero-order chi connectivity index (χ0) is 24.0. The minimum absolute atomic E-state index is 0.0446. The van der Waals surface area contributed by atoms with Crippen LogP contribution >= 0.6 is 0 Å². The van der Waals surface area contributed by atoms with E-state index in [1.54, 1.807) is 7.05 Å². The second-order valence-electron chi connectivity index (χ2n) is 8.86. The van der Waals surface area contributed by atoms with Gasteiger partial charge in [0.25, 0.3) is 0 Å². The molecule has 0 fully saturated rings. The lowest BCUT2D eigenvalue weighted by molar-refractivity contribution is -0.151. The van der Waals surface area contributed by atoms with Crippen LogP contribution in [0.5, 0.6) is 0 Å². The molecule has 1 aromatic rings. The lowest BCUT2D eigenvalue weighted by Gasteiger charge is -2.17. The average molecular weight is 435 g/mol. The van der Waals surface area contributed by atoms with Gasteiger partial charge in [0.1, 0.15) is 11.9 Å². The molecular formula is C25H42N2O4. The first-order valence-corrected chi connectivity index (χ1v) is 11.2. The van der Waals surface area contributed by atoms with E-state index >= 15 is 0 Å². The third-order valence-electron chi connectivity index (χ3n) is 4.78. The minimum atomic E-state index is -0.336. The van der Waals surface area contributed by atoms with Crippen molar-refractivity contribution in [1.29, 1.82) is 0 Å². The fourth-order valence-electron chi connectivity index (χ4n) is 2.99. The third-order valence-corrected chi connectivity index (χ3v) is 4.78.